The molecule has 7 heteroatoms. The molecule has 4 rings (SSSR count). The van der Waals surface area contributed by atoms with Crippen molar-refractivity contribution in [2.45, 2.75) is 63.0 Å². The van der Waals surface area contributed by atoms with E-state index in [1.165, 1.54) is 60.8 Å². The van der Waals surface area contributed by atoms with Crippen molar-refractivity contribution in [2.75, 3.05) is 13.2 Å². The summed E-state index contributed by atoms with van der Waals surface area (Å²) in [5, 5.41) is 10.0. The third-order valence-electron chi connectivity index (χ3n) is 6.83. The molecule has 1 saturated carbocycles. The lowest BCUT2D eigenvalue weighted by Gasteiger charge is -2.23. The Balaban J connectivity index is 1.33. The summed E-state index contributed by atoms with van der Waals surface area (Å²) in [5.41, 5.74) is 1.91. The first kappa shape index (κ1) is 24.1. The number of carbonyl (C=O) groups excluding carboxylic acids is 3. The summed E-state index contributed by atoms with van der Waals surface area (Å²) < 4.78 is 19.1. The number of ether oxygens (including phenoxy) is 1. The van der Waals surface area contributed by atoms with Crippen LogP contribution in [0.2, 0.25) is 0 Å². The van der Waals surface area contributed by atoms with Gasteiger partial charge in [-0.3, -0.25) is 9.59 Å². The van der Waals surface area contributed by atoms with Crippen LogP contribution in [0, 0.1) is 5.82 Å². The van der Waals surface area contributed by atoms with Crippen LogP contribution in [-0.4, -0.2) is 53.0 Å². The van der Waals surface area contributed by atoms with Crippen LogP contribution in [0.5, 0.6) is 0 Å². The monoisotopic (exact) mass is 467 g/mol. The number of esters is 1. The highest BCUT2D eigenvalue weighted by molar-refractivity contribution is 5.98. The van der Waals surface area contributed by atoms with Crippen LogP contribution in [0.25, 0.3) is 0 Å². The summed E-state index contributed by atoms with van der Waals surface area (Å²) in [6, 6.07) is 12.4. The molecule has 180 valence electrons. The van der Waals surface area contributed by atoms with Crippen molar-refractivity contribution in [1.29, 1.82) is 0 Å². The molecule has 0 aromatic heterocycles. The van der Waals surface area contributed by atoms with Crippen LogP contribution in [0.1, 0.15) is 65.9 Å². The molecule has 1 heterocycles. The zero-order valence-electron chi connectivity index (χ0n) is 19.1. The molecule has 2 aromatic carbocycles. The predicted octanol–water partition coefficient (Wildman–Crippen LogP) is 3.80. The lowest BCUT2D eigenvalue weighted by molar-refractivity contribution is -0.152. The highest BCUT2D eigenvalue weighted by Gasteiger charge is 2.40. The third kappa shape index (κ3) is 5.70. The van der Waals surface area contributed by atoms with Gasteiger partial charge >= 0.3 is 5.97 Å². The van der Waals surface area contributed by atoms with E-state index in [1.54, 1.807) is 18.2 Å². The van der Waals surface area contributed by atoms with E-state index in [0.29, 0.717) is 11.5 Å². The normalized spacial score (nSPS) is 20.8. The number of likely N-dealkylation sites (tertiary alicyclic amines) is 1. The summed E-state index contributed by atoms with van der Waals surface area (Å²) in [6.45, 7) is -0.479. The van der Waals surface area contributed by atoms with E-state index < -0.39 is 36.4 Å². The molecule has 1 aliphatic heterocycles. The average Bonchev–Trinajstić information content (AvgIpc) is 3.26. The molecule has 2 fully saturated rings. The van der Waals surface area contributed by atoms with Crippen molar-refractivity contribution < 1.29 is 28.6 Å². The largest absolute Gasteiger partial charge is 0.456 e. The van der Waals surface area contributed by atoms with Gasteiger partial charge < -0.3 is 14.7 Å². The number of hydrogen-bond donors (Lipinski definition) is 1. The number of amides is 1. The molecule has 1 amide bonds. The molecule has 2 unspecified atom stereocenters. The smallest absolute Gasteiger partial charge is 0.329 e. The van der Waals surface area contributed by atoms with E-state index in [0.717, 1.165) is 0 Å². The van der Waals surface area contributed by atoms with E-state index >= 15 is 0 Å². The summed E-state index contributed by atoms with van der Waals surface area (Å²) in [6.07, 6.45) is 5.00. The first-order chi connectivity index (χ1) is 16.4. The van der Waals surface area contributed by atoms with Crippen molar-refractivity contribution >= 4 is 17.7 Å². The number of aliphatic hydroxyl groups is 1. The molecule has 1 aliphatic carbocycles. The standard InChI is InChI=1S/C27H30FNO5/c28-23-9-5-4-8-21(23)14-26(32)29-16-22(30)15-24(29)27(33)34-17-25(31)20-12-10-19(11-13-20)18-6-2-1-3-7-18/h4-5,8-13,18,22,24,30H,1-3,6-7,14-17H2. The fourth-order valence-electron chi connectivity index (χ4n) is 4.91. The van der Waals surface area contributed by atoms with Crippen LogP contribution < -0.4 is 0 Å². The SMILES string of the molecule is O=C(COC(=O)C1CC(O)CN1C(=O)Cc1ccccc1F)c1ccc(C2CCCCC2)cc1. The third-order valence-corrected chi connectivity index (χ3v) is 6.83. The van der Waals surface area contributed by atoms with E-state index in [-0.39, 0.29) is 30.7 Å². The van der Waals surface area contributed by atoms with E-state index in [2.05, 4.69) is 0 Å². The molecule has 1 N–H and O–H groups in total. The molecule has 6 nitrogen and oxygen atoms in total. The van der Waals surface area contributed by atoms with Gasteiger partial charge in [-0.15, -0.1) is 0 Å². The Kier molecular flexibility index (Phi) is 7.73. The van der Waals surface area contributed by atoms with Crippen LogP contribution >= 0.6 is 0 Å². The number of Topliss-reactive ketones (excluding diaryl/α,β-unsaturated/α-hetero) is 1. The van der Waals surface area contributed by atoms with Gasteiger partial charge in [0.1, 0.15) is 11.9 Å². The fraction of sp³-hybridized carbons (Fsp3) is 0.444. The van der Waals surface area contributed by atoms with Gasteiger partial charge in [0.2, 0.25) is 5.91 Å². The van der Waals surface area contributed by atoms with Crippen molar-refractivity contribution in [3.8, 4) is 0 Å². The first-order valence-corrected chi connectivity index (χ1v) is 11.9. The zero-order valence-corrected chi connectivity index (χ0v) is 19.1. The number of rotatable bonds is 7. The van der Waals surface area contributed by atoms with Gasteiger partial charge in [0.05, 0.1) is 12.5 Å². The number of ketones is 1. The van der Waals surface area contributed by atoms with Crippen molar-refractivity contribution in [3.63, 3.8) is 0 Å². The van der Waals surface area contributed by atoms with Gasteiger partial charge in [0.25, 0.3) is 0 Å². The maximum Gasteiger partial charge on any atom is 0.329 e. The molecular formula is C27H30FNO5. The van der Waals surface area contributed by atoms with Crippen LogP contribution in [0.4, 0.5) is 4.39 Å². The van der Waals surface area contributed by atoms with Gasteiger partial charge in [0.15, 0.2) is 12.4 Å². The fourth-order valence-corrected chi connectivity index (χ4v) is 4.91. The minimum absolute atomic E-state index is 0.0200. The van der Waals surface area contributed by atoms with Gasteiger partial charge in [-0.05, 0) is 36.0 Å². The van der Waals surface area contributed by atoms with Gasteiger partial charge in [-0.1, -0.05) is 61.7 Å². The maximum absolute atomic E-state index is 13.9. The number of β-amino-alcohol motifs (C(OH)–C–C–N with tert-alkyl or cyclic N) is 1. The molecule has 2 atom stereocenters. The lowest BCUT2D eigenvalue weighted by Crippen LogP contribution is -2.42. The van der Waals surface area contributed by atoms with E-state index in [9.17, 15) is 23.9 Å². The molecule has 2 aromatic rings. The Hall–Kier alpha value is -3.06. The van der Waals surface area contributed by atoms with E-state index in [1.807, 2.05) is 12.1 Å². The maximum atomic E-state index is 13.9. The van der Waals surface area contributed by atoms with Crippen LogP contribution in [-0.2, 0) is 20.7 Å². The molecule has 34 heavy (non-hydrogen) atoms. The first-order valence-electron chi connectivity index (χ1n) is 11.9. The summed E-state index contributed by atoms with van der Waals surface area (Å²) in [7, 11) is 0. The number of aliphatic hydroxyl groups excluding tert-OH is 1. The molecule has 2 aliphatic rings. The Morgan fingerprint density at radius 1 is 1.00 bits per heavy atom. The topological polar surface area (TPSA) is 83.9 Å². The number of benzene rings is 2. The van der Waals surface area contributed by atoms with E-state index in [4.69, 9.17) is 4.74 Å². The Bertz CT molecular complexity index is 1030. The van der Waals surface area contributed by atoms with Crippen molar-refractivity contribution in [1.82, 2.24) is 4.90 Å². The lowest BCUT2D eigenvalue weighted by atomic mass is 9.84. The second-order valence-corrected chi connectivity index (χ2v) is 9.21. The number of halogens is 1. The van der Waals surface area contributed by atoms with Crippen LogP contribution in [0.15, 0.2) is 48.5 Å². The van der Waals surface area contributed by atoms with Gasteiger partial charge in [-0.2, -0.15) is 0 Å². The minimum atomic E-state index is -1.00. The Morgan fingerprint density at radius 2 is 1.71 bits per heavy atom. The quantitative estimate of drug-likeness (QED) is 0.495. The van der Waals surface area contributed by atoms with Crippen molar-refractivity contribution in [3.05, 3.63) is 71.0 Å². The minimum Gasteiger partial charge on any atom is -0.456 e. The second-order valence-electron chi connectivity index (χ2n) is 9.21. The molecular weight excluding hydrogens is 437 g/mol. The zero-order chi connectivity index (χ0) is 24.1. The Morgan fingerprint density at radius 3 is 2.41 bits per heavy atom. The highest BCUT2D eigenvalue weighted by Crippen LogP contribution is 2.32. The number of hydrogen-bond acceptors (Lipinski definition) is 5. The Labute approximate surface area is 198 Å². The molecule has 0 radical (unpaired) electrons. The van der Waals surface area contributed by atoms with Crippen LogP contribution in [0.3, 0.4) is 0 Å². The molecule has 1 saturated heterocycles. The van der Waals surface area contributed by atoms with Crippen molar-refractivity contribution in [2.24, 2.45) is 0 Å². The van der Waals surface area contributed by atoms with Gasteiger partial charge in [0, 0.05) is 18.5 Å². The summed E-state index contributed by atoms with van der Waals surface area (Å²) >= 11 is 0. The highest BCUT2D eigenvalue weighted by atomic mass is 19.1. The average molecular weight is 468 g/mol. The summed E-state index contributed by atoms with van der Waals surface area (Å²) in [4.78, 5) is 39.2. The summed E-state index contributed by atoms with van der Waals surface area (Å²) in [5.74, 6) is -1.52. The predicted molar refractivity (Wildman–Crippen MR) is 124 cm³/mol. The number of carbonyl (C=O) groups is 3. The second kappa shape index (κ2) is 10.9. The molecule has 0 bridgehead atoms. The number of nitrogens with zero attached hydrogens (tertiary/aromatic N) is 1. The molecule has 0 spiro atoms. The van der Waals surface area contributed by atoms with Gasteiger partial charge in [-0.25, -0.2) is 9.18 Å².